The maximum absolute atomic E-state index is 8.78. The first-order chi connectivity index (χ1) is 6.22. The molecule has 0 atom stereocenters. The summed E-state index contributed by atoms with van der Waals surface area (Å²) < 4.78 is 5.33. The number of rotatable bonds is 4. The number of aromatic nitrogens is 2. The standard InChI is InChI=1S/C9H14N2O2/c1-7(2)6-13-9-4-10-3-8(5-12)11-9/h3-4,7,12H,5-6H2,1-2H3. The molecule has 72 valence electrons. The molecule has 0 aliphatic rings. The summed E-state index contributed by atoms with van der Waals surface area (Å²) in [5.41, 5.74) is 0.529. The average molecular weight is 182 g/mol. The summed E-state index contributed by atoms with van der Waals surface area (Å²) in [5, 5.41) is 8.78. The van der Waals surface area contributed by atoms with Crippen LogP contribution in [0.4, 0.5) is 0 Å². The molecule has 0 aromatic carbocycles. The third-order valence-corrected chi connectivity index (χ3v) is 1.39. The van der Waals surface area contributed by atoms with E-state index in [1.54, 1.807) is 6.20 Å². The molecule has 4 nitrogen and oxygen atoms in total. The van der Waals surface area contributed by atoms with Gasteiger partial charge in [0.15, 0.2) is 0 Å². The van der Waals surface area contributed by atoms with E-state index in [1.807, 2.05) is 0 Å². The van der Waals surface area contributed by atoms with E-state index in [1.165, 1.54) is 6.20 Å². The van der Waals surface area contributed by atoms with E-state index >= 15 is 0 Å². The van der Waals surface area contributed by atoms with E-state index in [0.717, 1.165) is 0 Å². The normalized spacial score (nSPS) is 10.5. The molecule has 1 heterocycles. The van der Waals surface area contributed by atoms with Crippen molar-refractivity contribution in [2.45, 2.75) is 20.5 Å². The van der Waals surface area contributed by atoms with E-state index in [4.69, 9.17) is 9.84 Å². The van der Waals surface area contributed by atoms with Gasteiger partial charge in [0.05, 0.1) is 31.3 Å². The molecular weight excluding hydrogens is 168 g/mol. The van der Waals surface area contributed by atoms with E-state index in [9.17, 15) is 0 Å². The largest absolute Gasteiger partial charge is 0.476 e. The van der Waals surface area contributed by atoms with Gasteiger partial charge in [0.2, 0.25) is 5.88 Å². The first-order valence-electron chi connectivity index (χ1n) is 4.27. The Morgan fingerprint density at radius 2 is 2.23 bits per heavy atom. The van der Waals surface area contributed by atoms with Gasteiger partial charge in [-0.1, -0.05) is 13.8 Å². The zero-order valence-electron chi connectivity index (χ0n) is 7.90. The predicted octanol–water partition coefficient (Wildman–Crippen LogP) is 1.00. The summed E-state index contributed by atoms with van der Waals surface area (Å²) in [6, 6.07) is 0. The number of aliphatic hydroxyl groups excluding tert-OH is 1. The first-order valence-corrected chi connectivity index (χ1v) is 4.27. The van der Waals surface area contributed by atoms with Crippen LogP contribution in [0.2, 0.25) is 0 Å². The molecule has 0 amide bonds. The molecule has 1 N–H and O–H groups in total. The van der Waals surface area contributed by atoms with Gasteiger partial charge in [-0.15, -0.1) is 0 Å². The number of hydrogen-bond acceptors (Lipinski definition) is 4. The van der Waals surface area contributed by atoms with Gasteiger partial charge in [0, 0.05) is 0 Å². The molecule has 1 rings (SSSR count). The first kappa shape index (κ1) is 9.92. The average Bonchev–Trinajstić information content (AvgIpc) is 2.15. The summed E-state index contributed by atoms with van der Waals surface area (Å²) >= 11 is 0. The third-order valence-electron chi connectivity index (χ3n) is 1.39. The second-order valence-electron chi connectivity index (χ2n) is 3.21. The number of aliphatic hydroxyl groups is 1. The summed E-state index contributed by atoms with van der Waals surface area (Å²) in [7, 11) is 0. The van der Waals surface area contributed by atoms with Crippen molar-refractivity contribution < 1.29 is 9.84 Å². The molecule has 0 aliphatic carbocycles. The van der Waals surface area contributed by atoms with Gasteiger partial charge >= 0.3 is 0 Å². The van der Waals surface area contributed by atoms with Crippen molar-refractivity contribution in [2.75, 3.05) is 6.61 Å². The lowest BCUT2D eigenvalue weighted by Gasteiger charge is -2.07. The van der Waals surface area contributed by atoms with Crippen LogP contribution in [0.5, 0.6) is 5.88 Å². The number of ether oxygens (including phenoxy) is 1. The molecule has 1 aromatic rings. The molecule has 0 unspecified atom stereocenters. The Kier molecular flexibility index (Phi) is 3.64. The van der Waals surface area contributed by atoms with Gasteiger partial charge in [-0.05, 0) is 5.92 Å². The highest BCUT2D eigenvalue weighted by atomic mass is 16.5. The Morgan fingerprint density at radius 1 is 1.46 bits per heavy atom. The number of hydrogen-bond donors (Lipinski definition) is 1. The van der Waals surface area contributed by atoms with E-state index in [2.05, 4.69) is 23.8 Å². The predicted molar refractivity (Wildman–Crippen MR) is 48.3 cm³/mol. The second-order valence-corrected chi connectivity index (χ2v) is 3.21. The fraction of sp³-hybridized carbons (Fsp3) is 0.556. The smallest absolute Gasteiger partial charge is 0.232 e. The highest BCUT2D eigenvalue weighted by Gasteiger charge is 2.00. The Labute approximate surface area is 77.6 Å². The minimum absolute atomic E-state index is 0.105. The highest BCUT2D eigenvalue weighted by molar-refractivity contribution is 5.07. The summed E-state index contributed by atoms with van der Waals surface area (Å²) in [4.78, 5) is 7.91. The fourth-order valence-corrected chi connectivity index (χ4v) is 0.784. The van der Waals surface area contributed by atoms with E-state index in [-0.39, 0.29) is 6.61 Å². The molecule has 0 bridgehead atoms. The van der Waals surface area contributed by atoms with E-state index in [0.29, 0.717) is 24.1 Å². The van der Waals surface area contributed by atoms with Gasteiger partial charge in [-0.25, -0.2) is 4.98 Å². The molecule has 0 spiro atoms. The zero-order chi connectivity index (χ0) is 9.68. The van der Waals surface area contributed by atoms with Gasteiger partial charge in [0.1, 0.15) is 0 Å². The summed E-state index contributed by atoms with van der Waals surface area (Å²) in [6.07, 6.45) is 3.06. The van der Waals surface area contributed by atoms with Crippen molar-refractivity contribution in [1.29, 1.82) is 0 Å². The van der Waals surface area contributed by atoms with Gasteiger partial charge < -0.3 is 9.84 Å². The maximum Gasteiger partial charge on any atom is 0.232 e. The Bertz CT molecular complexity index is 264. The molecule has 1 aromatic heterocycles. The lowest BCUT2D eigenvalue weighted by Crippen LogP contribution is -2.06. The van der Waals surface area contributed by atoms with Crippen LogP contribution < -0.4 is 4.74 Å². The van der Waals surface area contributed by atoms with Crippen LogP contribution in [0.3, 0.4) is 0 Å². The molecule has 0 radical (unpaired) electrons. The van der Waals surface area contributed by atoms with Crippen LogP contribution >= 0.6 is 0 Å². The van der Waals surface area contributed by atoms with Crippen molar-refractivity contribution in [3.05, 3.63) is 18.1 Å². The Hall–Kier alpha value is -1.16. The van der Waals surface area contributed by atoms with Crippen LogP contribution in [0, 0.1) is 5.92 Å². The molecule has 4 heteroatoms. The van der Waals surface area contributed by atoms with Gasteiger partial charge in [-0.2, -0.15) is 0 Å². The van der Waals surface area contributed by atoms with Crippen molar-refractivity contribution in [3.8, 4) is 5.88 Å². The third kappa shape index (κ3) is 3.38. The second kappa shape index (κ2) is 4.77. The van der Waals surface area contributed by atoms with Gasteiger partial charge in [0.25, 0.3) is 0 Å². The zero-order valence-corrected chi connectivity index (χ0v) is 7.90. The minimum Gasteiger partial charge on any atom is -0.476 e. The van der Waals surface area contributed by atoms with Crippen molar-refractivity contribution in [1.82, 2.24) is 9.97 Å². The van der Waals surface area contributed by atoms with Crippen molar-refractivity contribution >= 4 is 0 Å². The molecule has 0 fully saturated rings. The lowest BCUT2D eigenvalue weighted by atomic mass is 10.2. The maximum atomic E-state index is 8.78. The number of nitrogens with zero attached hydrogens (tertiary/aromatic N) is 2. The quantitative estimate of drug-likeness (QED) is 0.754. The van der Waals surface area contributed by atoms with Crippen molar-refractivity contribution in [2.24, 2.45) is 5.92 Å². The Morgan fingerprint density at radius 3 is 2.85 bits per heavy atom. The Balaban J connectivity index is 2.56. The molecule has 0 aliphatic heterocycles. The topological polar surface area (TPSA) is 55.2 Å². The monoisotopic (exact) mass is 182 g/mol. The van der Waals surface area contributed by atoms with Gasteiger partial charge in [-0.3, -0.25) is 4.98 Å². The minimum atomic E-state index is -0.105. The lowest BCUT2D eigenvalue weighted by molar-refractivity contribution is 0.250. The fourth-order valence-electron chi connectivity index (χ4n) is 0.784. The van der Waals surface area contributed by atoms with Crippen LogP contribution in [-0.4, -0.2) is 21.7 Å². The summed E-state index contributed by atoms with van der Waals surface area (Å²) in [6.45, 7) is 4.63. The van der Waals surface area contributed by atoms with E-state index < -0.39 is 0 Å². The molecule has 13 heavy (non-hydrogen) atoms. The van der Waals surface area contributed by atoms with Crippen LogP contribution in [0.15, 0.2) is 12.4 Å². The van der Waals surface area contributed by atoms with Crippen LogP contribution in [-0.2, 0) is 6.61 Å². The van der Waals surface area contributed by atoms with Crippen LogP contribution in [0.1, 0.15) is 19.5 Å². The molecule has 0 saturated heterocycles. The summed E-state index contributed by atoms with van der Waals surface area (Å²) in [5.74, 6) is 0.930. The molecular formula is C9H14N2O2. The van der Waals surface area contributed by atoms with Crippen molar-refractivity contribution in [3.63, 3.8) is 0 Å². The molecule has 0 saturated carbocycles. The van der Waals surface area contributed by atoms with Crippen LogP contribution in [0.25, 0.3) is 0 Å². The SMILES string of the molecule is CC(C)COc1cncc(CO)n1. The highest BCUT2D eigenvalue weighted by Crippen LogP contribution is 2.06.